The number of likely N-dealkylation sites (tertiary alicyclic amines) is 1. The molecule has 0 radical (unpaired) electrons. The summed E-state index contributed by atoms with van der Waals surface area (Å²) >= 11 is 0. The average Bonchev–Trinajstić information content (AvgIpc) is 3.35. The zero-order valence-corrected chi connectivity index (χ0v) is 14.8. The molecule has 3 rings (SSSR count). The molecule has 0 spiro atoms. The number of imide groups is 1. The van der Waals surface area contributed by atoms with Crippen LogP contribution in [0.15, 0.2) is 12.2 Å². The monoisotopic (exact) mass is 332 g/mol. The van der Waals surface area contributed by atoms with Crippen LogP contribution in [0.5, 0.6) is 0 Å². The molecule has 0 aromatic heterocycles. The maximum absolute atomic E-state index is 12.8. The Labute approximate surface area is 143 Å². The first-order valence-corrected chi connectivity index (χ1v) is 9.22. The number of nitrogens with zero attached hydrogens (tertiary/aromatic N) is 1. The largest absolute Gasteiger partial charge is 0.352 e. The molecule has 0 bridgehead atoms. The number of nitrogens with one attached hydrogen (secondary N) is 1. The highest BCUT2D eigenvalue weighted by Gasteiger charge is 2.51. The molecule has 0 aromatic rings. The minimum absolute atomic E-state index is 0.115. The van der Waals surface area contributed by atoms with Crippen LogP contribution in [0.25, 0.3) is 0 Å². The van der Waals surface area contributed by atoms with E-state index >= 15 is 0 Å². The molecular weight excluding hydrogens is 304 g/mol. The summed E-state index contributed by atoms with van der Waals surface area (Å²) in [6.45, 7) is 6.05. The van der Waals surface area contributed by atoms with Crippen molar-refractivity contribution in [3.05, 3.63) is 12.2 Å². The molecular formula is C19H28N2O3. The number of hydrogen-bond donors (Lipinski definition) is 1. The van der Waals surface area contributed by atoms with Gasteiger partial charge in [0.25, 0.3) is 0 Å². The third-order valence-electron chi connectivity index (χ3n) is 5.55. The highest BCUT2D eigenvalue weighted by Crippen LogP contribution is 2.37. The topological polar surface area (TPSA) is 66.5 Å². The standard InChI is InChI=1S/C19H28N2O3/c1-11(2)10-16(17(22)20-12(3)13-8-9-13)21-18(23)14-6-4-5-7-15(14)19(21)24/h4-5,11-16H,6-10H2,1-3H3,(H,20,22). The van der Waals surface area contributed by atoms with Crippen LogP contribution in [0.2, 0.25) is 0 Å². The summed E-state index contributed by atoms with van der Waals surface area (Å²) in [5, 5.41) is 3.05. The second-order valence-corrected chi connectivity index (χ2v) is 7.98. The molecule has 3 amide bonds. The number of fused-ring (bicyclic) bond motifs is 1. The quantitative estimate of drug-likeness (QED) is 0.599. The molecule has 3 aliphatic rings. The zero-order chi connectivity index (χ0) is 17.4. The van der Waals surface area contributed by atoms with Gasteiger partial charge in [-0.15, -0.1) is 0 Å². The summed E-state index contributed by atoms with van der Waals surface area (Å²) < 4.78 is 0. The summed E-state index contributed by atoms with van der Waals surface area (Å²) in [4.78, 5) is 39.7. The fourth-order valence-electron chi connectivity index (χ4n) is 3.94. The molecule has 132 valence electrons. The second kappa shape index (κ2) is 6.69. The SMILES string of the molecule is CC(C)CC(C(=O)NC(C)C1CC1)N1C(=O)C2CC=CCC2C1=O. The number of carbonyl (C=O) groups is 3. The number of rotatable bonds is 6. The highest BCUT2D eigenvalue weighted by molar-refractivity contribution is 6.08. The van der Waals surface area contributed by atoms with E-state index in [1.54, 1.807) is 0 Å². The highest BCUT2D eigenvalue weighted by atomic mass is 16.2. The normalized spacial score (nSPS) is 28.9. The van der Waals surface area contributed by atoms with Crippen LogP contribution in [0.4, 0.5) is 0 Å². The fraction of sp³-hybridized carbons (Fsp3) is 0.737. The van der Waals surface area contributed by atoms with Gasteiger partial charge in [-0.1, -0.05) is 26.0 Å². The van der Waals surface area contributed by atoms with Crippen LogP contribution >= 0.6 is 0 Å². The Bertz CT molecular complexity index is 539. The third-order valence-corrected chi connectivity index (χ3v) is 5.55. The van der Waals surface area contributed by atoms with Gasteiger partial charge in [0.15, 0.2) is 0 Å². The van der Waals surface area contributed by atoms with Crippen molar-refractivity contribution in [2.24, 2.45) is 23.7 Å². The molecule has 24 heavy (non-hydrogen) atoms. The molecule has 1 N–H and O–H groups in total. The Morgan fingerprint density at radius 1 is 1.12 bits per heavy atom. The summed E-state index contributed by atoms with van der Waals surface area (Å²) in [7, 11) is 0. The van der Waals surface area contributed by atoms with Gasteiger partial charge in [0.05, 0.1) is 11.8 Å². The van der Waals surface area contributed by atoms with Gasteiger partial charge in [0.1, 0.15) is 6.04 Å². The number of hydrogen-bond acceptors (Lipinski definition) is 3. The smallest absolute Gasteiger partial charge is 0.243 e. The minimum Gasteiger partial charge on any atom is -0.352 e. The van der Waals surface area contributed by atoms with E-state index in [1.165, 1.54) is 4.90 Å². The molecule has 5 nitrogen and oxygen atoms in total. The first kappa shape index (κ1) is 17.2. The van der Waals surface area contributed by atoms with Gasteiger partial charge in [-0.25, -0.2) is 0 Å². The van der Waals surface area contributed by atoms with Crippen LogP contribution in [0.1, 0.15) is 52.9 Å². The van der Waals surface area contributed by atoms with Gasteiger partial charge in [-0.3, -0.25) is 19.3 Å². The van der Waals surface area contributed by atoms with Gasteiger partial charge in [-0.05, 0) is 50.9 Å². The molecule has 2 fully saturated rings. The van der Waals surface area contributed by atoms with Crippen molar-refractivity contribution in [2.45, 2.75) is 65.0 Å². The Morgan fingerprint density at radius 2 is 1.67 bits per heavy atom. The Hall–Kier alpha value is -1.65. The second-order valence-electron chi connectivity index (χ2n) is 7.98. The maximum Gasteiger partial charge on any atom is 0.243 e. The van der Waals surface area contributed by atoms with Crippen LogP contribution in [0.3, 0.4) is 0 Å². The predicted molar refractivity (Wildman–Crippen MR) is 90.8 cm³/mol. The maximum atomic E-state index is 12.8. The molecule has 1 heterocycles. The first-order valence-electron chi connectivity index (χ1n) is 9.22. The van der Waals surface area contributed by atoms with Crippen molar-refractivity contribution in [3.8, 4) is 0 Å². The lowest BCUT2D eigenvalue weighted by Crippen LogP contribution is -2.52. The lowest BCUT2D eigenvalue weighted by atomic mass is 9.85. The molecule has 2 aliphatic carbocycles. The van der Waals surface area contributed by atoms with Crippen molar-refractivity contribution in [1.82, 2.24) is 10.2 Å². The molecule has 0 aromatic carbocycles. The van der Waals surface area contributed by atoms with Crippen molar-refractivity contribution in [3.63, 3.8) is 0 Å². The summed E-state index contributed by atoms with van der Waals surface area (Å²) in [6.07, 6.45) is 7.99. The van der Waals surface area contributed by atoms with Crippen molar-refractivity contribution in [1.29, 1.82) is 0 Å². The van der Waals surface area contributed by atoms with Crippen LogP contribution < -0.4 is 5.32 Å². The van der Waals surface area contributed by atoms with E-state index in [4.69, 9.17) is 0 Å². The Morgan fingerprint density at radius 3 is 2.12 bits per heavy atom. The van der Waals surface area contributed by atoms with Crippen LogP contribution in [0, 0.1) is 23.7 Å². The van der Waals surface area contributed by atoms with Gasteiger partial charge in [-0.2, -0.15) is 0 Å². The van der Waals surface area contributed by atoms with Crippen LogP contribution in [-0.2, 0) is 14.4 Å². The van der Waals surface area contributed by atoms with E-state index in [-0.39, 0.29) is 41.5 Å². The van der Waals surface area contributed by atoms with E-state index in [9.17, 15) is 14.4 Å². The minimum atomic E-state index is -0.670. The van der Waals surface area contributed by atoms with Gasteiger partial charge in [0.2, 0.25) is 17.7 Å². The van der Waals surface area contributed by atoms with E-state index in [0.29, 0.717) is 25.2 Å². The van der Waals surface area contributed by atoms with E-state index in [1.807, 2.05) is 32.9 Å². The van der Waals surface area contributed by atoms with E-state index in [0.717, 1.165) is 12.8 Å². The summed E-state index contributed by atoms with van der Waals surface area (Å²) in [5.41, 5.74) is 0. The molecule has 1 saturated heterocycles. The van der Waals surface area contributed by atoms with Crippen LogP contribution in [-0.4, -0.2) is 34.7 Å². The zero-order valence-electron chi connectivity index (χ0n) is 14.8. The van der Waals surface area contributed by atoms with Gasteiger partial charge in [0, 0.05) is 6.04 Å². The first-order chi connectivity index (χ1) is 11.4. The van der Waals surface area contributed by atoms with Gasteiger partial charge >= 0.3 is 0 Å². The molecule has 4 atom stereocenters. The lowest BCUT2D eigenvalue weighted by Gasteiger charge is -2.28. The van der Waals surface area contributed by atoms with Gasteiger partial charge < -0.3 is 5.32 Å². The third kappa shape index (κ3) is 3.26. The number of amides is 3. The number of allylic oxidation sites excluding steroid dienone is 2. The fourth-order valence-corrected chi connectivity index (χ4v) is 3.94. The summed E-state index contributed by atoms with van der Waals surface area (Å²) in [6, 6.07) is -0.555. The Kier molecular flexibility index (Phi) is 4.79. The Balaban J connectivity index is 1.78. The molecule has 4 unspecified atom stereocenters. The molecule has 1 saturated carbocycles. The van der Waals surface area contributed by atoms with Crippen molar-refractivity contribution >= 4 is 17.7 Å². The lowest BCUT2D eigenvalue weighted by molar-refractivity contribution is -0.148. The van der Waals surface area contributed by atoms with Crippen molar-refractivity contribution < 1.29 is 14.4 Å². The molecule has 1 aliphatic heterocycles. The summed E-state index contributed by atoms with van der Waals surface area (Å²) in [5.74, 6) is -0.250. The molecule has 5 heteroatoms. The van der Waals surface area contributed by atoms with E-state index < -0.39 is 6.04 Å². The number of carbonyl (C=O) groups excluding carboxylic acids is 3. The van der Waals surface area contributed by atoms with E-state index in [2.05, 4.69) is 5.32 Å². The average molecular weight is 332 g/mol. The predicted octanol–water partition coefficient (Wildman–Crippen LogP) is 2.27. The van der Waals surface area contributed by atoms with Crippen molar-refractivity contribution in [2.75, 3.05) is 0 Å².